The smallest absolute Gasteiger partial charge is 0.194 e. The molecule has 0 N–H and O–H groups in total. The van der Waals surface area contributed by atoms with Crippen LogP contribution < -0.4 is 0 Å². The lowest BCUT2D eigenvalue weighted by Gasteiger charge is -2.00. The topological polar surface area (TPSA) is 17.3 Å². The molecule has 2 nitrogen and oxygen atoms in total. The van der Waals surface area contributed by atoms with Crippen LogP contribution in [0.1, 0.15) is 42.5 Å². The summed E-state index contributed by atoms with van der Waals surface area (Å²) in [5.41, 5.74) is 3.28. The SMILES string of the molecule is CC1(c2cn3c4c(sc3n2)CCC4)CC1. The van der Waals surface area contributed by atoms with Gasteiger partial charge in [0.1, 0.15) is 0 Å². The zero-order valence-electron chi connectivity index (χ0n) is 8.92. The first-order chi connectivity index (χ1) is 7.26. The highest BCUT2D eigenvalue weighted by atomic mass is 32.1. The minimum Gasteiger partial charge on any atom is -0.294 e. The molecule has 0 unspecified atom stereocenters. The second-order valence-corrected chi connectivity index (χ2v) is 6.23. The highest BCUT2D eigenvalue weighted by Crippen LogP contribution is 2.47. The van der Waals surface area contributed by atoms with Crippen LogP contribution in [0.25, 0.3) is 4.96 Å². The summed E-state index contributed by atoms with van der Waals surface area (Å²) in [4.78, 5) is 7.59. The summed E-state index contributed by atoms with van der Waals surface area (Å²) < 4.78 is 2.35. The molecule has 15 heavy (non-hydrogen) atoms. The van der Waals surface area contributed by atoms with E-state index in [-0.39, 0.29) is 0 Å². The summed E-state index contributed by atoms with van der Waals surface area (Å²) >= 11 is 1.90. The van der Waals surface area contributed by atoms with Crippen molar-refractivity contribution in [1.29, 1.82) is 0 Å². The van der Waals surface area contributed by atoms with Crippen LogP contribution in [0.15, 0.2) is 6.20 Å². The van der Waals surface area contributed by atoms with E-state index in [0.29, 0.717) is 5.41 Å². The lowest BCUT2D eigenvalue weighted by Crippen LogP contribution is -1.99. The zero-order chi connectivity index (χ0) is 10.0. The van der Waals surface area contributed by atoms with Crippen LogP contribution in [0.4, 0.5) is 0 Å². The molecule has 2 aliphatic carbocycles. The number of rotatable bonds is 1. The average molecular weight is 218 g/mol. The number of hydrogen-bond donors (Lipinski definition) is 0. The number of thiazole rings is 1. The largest absolute Gasteiger partial charge is 0.294 e. The van der Waals surface area contributed by atoms with Crippen LogP contribution in [-0.4, -0.2) is 9.38 Å². The van der Waals surface area contributed by atoms with E-state index in [0.717, 1.165) is 0 Å². The van der Waals surface area contributed by atoms with Gasteiger partial charge in [0.05, 0.1) is 5.69 Å². The van der Waals surface area contributed by atoms with E-state index in [4.69, 9.17) is 4.98 Å². The van der Waals surface area contributed by atoms with Crippen molar-refractivity contribution < 1.29 is 0 Å². The normalized spacial score (nSPS) is 22.2. The minimum absolute atomic E-state index is 0.414. The molecule has 1 saturated carbocycles. The molecule has 78 valence electrons. The second kappa shape index (κ2) is 2.46. The van der Waals surface area contributed by atoms with Crippen LogP contribution in [0.2, 0.25) is 0 Å². The van der Waals surface area contributed by atoms with Crippen molar-refractivity contribution in [1.82, 2.24) is 9.38 Å². The average Bonchev–Trinajstić information content (AvgIpc) is 2.65. The molecule has 0 radical (unpaired) electrons. The van der Waals surface area contributed by atoms with E-state index in [1.807, 2.05) is 11.3 Å². The molecule has 0 amide bonds. The molecule has 3 heteroatoms. The molecule has 2 heterocycles. The molecule has 0 bridgehead atoms. The molecule has 0 saturated heterocycles. The number of aryl methyl sites for hydroxylation is 2. The summed E-state index contributed by atoms with van der Waals surface area (Å²) in [6.07, 6.45) is 8.79. The molecule has 2 aromatic rings. The lowest BCUT2D eigenvalue weighted by atomic mass is 10.1. The van der Waals surface area contributed by atoms with Crippen molar-refractivity contribution in [2.24, 2.45) is 0 Å². The summed E-state index contributed by atoms with van der Waals surface area (Å²) in [6.45, 7) is 2.33. The van der Waals surface area contributed by atoms with Gasteiger partial charge in [0, 0.05) is 22.2 Å². The van der Waals surface area contributed by atoms with Crippen molar-refractivity contribution in [3.05, 3.63) is 22.5 Å². The van der Waals surface area contributed by atoms with E-state index in [2.05, 4.69) is 17.5 Å². The molecule has 0 spiro atoms. The number of imidazole rings is 1. The van der Waals surface area contributed by atoms with Crippen LogP contribution in [0.3, 0.4) is 0 Å². The summed E-state index contributed by atoms with van der Waals surface area (Å²) in [5.74, 6) is 0. The van der Waals surface area contributed by atoms with Crippen LogP contribution in [0, 0.1) is 0 Å². The Balaban J connectivity index is 1.95. The standard InChI is InChI=1S/C12H14N2S/c1-12(5-6-12)10-7-14-8-3-2-4-9(8)15-11(14)13-10/h7H,2-6H2,1H3. The van der Waals surface area contributed by atoms with E-state index < -0.39 is 0 Å². The fraction of sp³-hybridized carbons (Fsp3) is 0.583. The maximum Gasteiger partial charge on any atom is 0.194 e. The number of fused-ring (bicyclic) bond motifs is 3. The molecule has 4 rings (SSSR count). The molecular formula is C12H14N2S. The first kappa shape index (κ1) is 8.34. The Morgan fingerprint density at radius 3 is 3.07 bits per heavy atom. The molecular weight excluding hydrogens is 204 g/mol. The van der Waals surface area contributed by atoms with Gasteiger partial charge in [-0.05, 0) is 32.1 Å². The monoisotopic (exact) mass is 218 g/mol. The Kier molecular flexibility index (Phi) is 1.37. The second-order valence-electron chi connectivity index (χ2n) is 5.16. The third-order valence-electron chi connectivity index (χ3n) is 3.94. The van der Waals surface area contributed by atoms with E-state index >= 15 is 0 Å². The van der Waals surface area contributed by atoms with Gasteiger partial charge in [-0.25, -0.2) is 4.98 Å². The number of nitrogens with zero attached hydrogens (tertiary/aromatic N) is 2. The van der Waals surface area contributed by atoms with Gasteiger partial charge in [-0.1, -0.05) is 6.92 Å². The van der Waals surface area contributed by atoms with Gasteiger partial charge in [0.2, 0.25) is 0 Å². The highest BCUT2D eigenvalue weighted by molar-refractivity contribution is 7.17. The van der Waals surface area contributed by atoms with Gasteiger partial charge in [-0.3, -0.25) is 4.40 Å². The predicted molar refractivity (Wildman–Crippen MR) is 61.7 cm³/mol. The quantitative estimate of drug-likeness (QED) is 0.719. The van der Waals surface area contributed by atoms with Gasteiger partial charge in [-0.2, -0.15) is 0 Å². The summed E-state index contributed by atoms with van der Waals surface area (Å²) in [5, 5.41) is 0. The maximum absolute atomic E-state index is 4.79. The van der Waals surface area contributed by atoms with Gasteiger partial charge < -0.3 is 0 Å². The maximum atomic E-state index is 4.79. The third-order valence-corrected chi connectivity index (χ3v) is 5.09. The number of hydrogen-bond acceptors (Lipinski definition) is 2. The van der Waals surface area contributed by atoms with Crippen molar-refractivity contribution >= 4 is 16.3 Å². The predicted octanol–water partition coefficient (Wildman–Crippen LogP) is 2.94. The molecule has 0 aromatic carbocycles. The van der Waals surface area contributed by atoms with Crippen molar-refractivity contribution in [2.45, 2.75) is 44.4 Å². The van der Waals surface area contributed by atoms with Gasteiger partial charge in [0.25, 0.3) is 0 Å². The minimum atomic E-state index is 0.414. The van der Waals surface area contributed by atoms with E-state index in [1.54, 1.807) is 4.88 Å². The van der Waals surface area contributed by atoms with Crippen LogP contribution in [0.5, 0.6) is 0 Å². The Bertz CT molecular complexity index is 545. The fourth-order valence-electron chi connectivity index (χ4n) is 2.54. The Hall–Kier alpha value is -0.830. The van der Waals surface area contributed by atoms with E-state index in [9.17, 15) is 0 Å². The van der Waals surface area contributed by atoms with Gasteiger partial charge in [0.15, 0.2) is 4.96 Å². The first-order valence-electron chi connectivity index (χ1n) is 5.76. The van der Waals surface area contributed by atoms with Crippen LogP contribution >= 0.6 is 11.3 Å². The summed E-state index contributed by atoms with van der Waals surface area (Å²) in [7, 11) is 0. The van der Waals surface area contributed by atoms with Gasteiger partial charge in [-0.15, -0.1) is 11.3 Å². The Morgan fingerprint density at radius 1 is 1.40 bits per heavy atom. The highest BCUT2D eigenvalue weighted by Gasteiger charge is 2.41. The molecule has 0 atom stereocenters. The number of aromatic nitrogens is 2. The fourth-order valence-corrected chi connectivity index (χ4v) is 3.73. The van der Waals surface area contributed by atoms with Gasteiger partial charge >= 0.3 is 0 Å². The molecule has 0 aliphatic heterocycles. The Labute approximate surface area is 93.0 Å². The molecule has 2 aromatic heterocycles. The van der Waals surface area contributed by atoms with E-state index in [1.165, 1.54) is 48.5 Å². The summed E-state index contributed by atoms with van der Waals surface area (Å²) in [6, 6.07) is 0. The zero-order valence-corrected chi connectivity index (χ0v) is 9.73. The van der Waals surface area contributed by atoms with Crippen LogP contribution in [-0.2, 0) is 18.3 Å². The Morgan fingerprint density at radius 2 is 2.27 bits per heavy atom. The third kappa shape index (κ3) is 1.02. The first-order valence-corrected chi connectivity index (χ1v) is 6.58. The molecule has 2 aliphatic rings. The van der Waals surface area contributed by atoms with Crippen molar-refractivity contribution in [2.75, 3.05) is 0 Å². The molecule has 1 fully saturated rings. The van der Waals surface area contributed by atoms with Crippen molar-refractivity contribution in [3.8, 4) is 0 Å². The lowest BCUT2D eigenvalue weighted by molar-refractivity contribution is 0.758. The van der Waals surface area contributed by atoms with Crippen molar-refractivity contribution in [3.63, 3.8) is 0 Å².